The van der Waals surface area contributed by atoms with Gasteiger partial charge in [0.15, 0.2) is 0 Å². The number of benzene rings is 2. The number of rotatable bonds is 6. The van der Waals surface area contributed by atoms with Gasteiger partial charge in [-0.2, -0.15) is 5.26 Å². The van der Waals surface area contributed by atoms with Crippen molar-refractivity contribution < 1.29 is 13.9 Å². The van der Waals surface area contributed by atoms with Gasteiger partial charge in [-0.25, -0.2) is 0 Å². The summed E-state index contributed by atoms with van der Waals surface area (Å²) in [5.41, 5.74) is 2.08. The fourth-order valence-corrected chi connectivity index (χ4v) is 2.55. The Morgan fingerprint density at radius 2 is 1.96 bits per heavy atom. The minimum absolute atomic E-state index is 0.123. The van der Waals surface area contributed by atoms with Crippen LogP contribution in [0.15, 0.2) is 65.1 Å². The largest absolute Gasteiger partial charge is 0.497 e. The maximum Gasteiger partial charge on any atom is 0.224 e. The van der Waals surface area contributed by atoms with Crippen molar-refractivity contribution in [2.45, 2.75) is 12.8 Å². The average molecular weight is 346 g/mol. The molecular weight excluding hydrogens is 328 g/mol. The number of methoxy groups -OCH3 is 1. The number of amides is 1. The Morgan fingerprint density at radius 1 is 1.15 bits per heavy atom. The van der Waals surface area contributed by atoms with Crippen LogP contribution in [0.5, 0.6) is 5.75 Å². The Kier molecular flexibility index (Phi) is 5.35. The molecule has 1 aromatic heterocycles. The van der Waals surface area contributed by atoms with E-state index in [-0.39, 0.29) is 5.91 Å². The van der Waals surface area contributed by atoms with Crippen LogP contribution in [0.4, 0.5) is 5.69 Å². The van der Waals surface area contributed by atoms with Crippen LogP contribution < -0.4 is 10.1 Å². The van der Waals surface area contributed by atoms with Crippen LogP contribution >= 0.6 is 0 Å². The molecule has 2 aromatic carbocycles. The zero-order valence-corrected chi connectivity index (χ0v) is 14.4. The Hall–Kier alpha value is -3.52. The predicted molar refractivity (Wildman–Crippen MR) is 98.8 cm³/mol. The van der Waals surface area contributed by atoms with Crippen LogP contribution in [0, 0.1) is 11.3 Å². The van der Waals surface area contributed by atoms with E-state index in [0.717, 1.165) is 22.8 Å². The van der Waals surface area contributed by atoms with Crippen LogP contribution in [0.1, 0.15) is 17.7 Å². The van der Waals surface area contributed by atoms with Gasteiger partial charge >= 0.3 is 0 Å². The Morgan fingerprint density at radius 3 is 2.69 bits per heavy atom. The molecule has 0 saturated carbocycles. The first-order valence-electron chi connectivity index (χ1n) is 8.21. The molecule has 0 radical (unpaired) electrons. The van der Waals surface area contributed by atoms with Crippen molar-refractivity contribution in [2.24, 2.45) is 0 Å². The van der Waals surface area contributed by atoms with E-state index in [1.54, 1.807) is 31.4 Å². The number of nitriles is 1. The number of carbonyl (C=O) groups excluding carboxylic acids is 1. The second-order valence-electron chi connectivity index (χ2n) is 5.74. The van der Waals surface area contributed by atoms with Gasteiger partial charge in [0.05, 0.1) is 18.7 Å². The summed E-state index contributed by atoms with van der Waals surface area (Å²) in [7, 11) is 1.63. The van der Waals surface area contributed by atoms with Crippen LogP contribution in [0.25, 0.3) is 11.3 Å². The molecule has 5 nitrogen and oxygen atoms in total. The molecule has 0 spiro atoms. The average Bonchev–Trinajstić information content (AvgIpc) is 3.15. The molecule has 1 N–H and O–H groups in total. The maximum absolute atomic E-state index is 12.1. The molecule has 3 rings (SSSR count). The second kappa shape index (κ2) is 8.04. The molecule has 0 fully saturated rings. The van der Waals surface area contributed by atoms with E-state index >= 15 is 0 Å². The summed E-state index contributed by atoms with van der Waals surface area (Å²) in [4.78, 5) is 12.1. The number of aryl methyl sites for hydroxylation is 1. The molecule has 1 amide bonds. The van der Waals surface area contributed by atoms with Gasteiger partial charge in [-0.3, -0.25) is 4.79 Å². The van der Waals surface area contributed by atoms with Crippen molar-refractivity contribution in [3.8, 4) is 23.1 Å². The van der Waals surface area contributed by atoms with Gasteiger partial charge in [0.2, 0.25) is 5.91 Å². The Balaban J connectivity index is 1.57. The number of nitrogens with zero attached hydrogens (tertiary/aromatic N) is 1. The van der Waals surface area contributed by atoms with E-state index in [9.17, 15) is 4.79 Å². The minimum Gasteiger partial charge on any atom is -0.497 e. The molecular formula is C21H18N2O3. The van der Waals surface area contributed by atoms with Crippen LogP contribution in [-0.2, 0) is 11.2 Å². The fourth-order valence-electron chi connectivity index (χ4n) is 2.55. The third kappa shape index (κ3) is 4.31. The summed E-state index contributed by atoms with van der Waals surface area (Å²) >= 11 is 0. The van der Waals surface area contributed by atoms with E-state index in [1.807, 2.05) is 42.5 Å². The van der Waals surface area contributed by atoms with Crippen LogP contribution in [0.2, 0.25) is 0 Å². The first-order valence-corrected chi connectivity index (χ1v) is 8.21. The quantitative estimate of drug-likeness (QED) is 0.718. The lowest BCUT2D eigenvalue weighted by Gasteiger charge is -2.04. The maximum atomic E-state index is 12.1. The van der Waals surface area contributed by atoms with Gasteiger partial charge in [0, 0.05) is 24.1 Å². The molecule has 0 atom stereocenters. The zero-order chi connectivity index (χ0) is 18.4. The standard InChI is InChI=1S/C21H18N2O3/c1-25-18-7-5-16(6-8-18)20-11-9-19(26-20)10-12-21(24)23-17-4-2-3-15(13-17)14-22/h2-9,11,13H,10,12H2,1H3,(H,23,24). The highest BCUT2D eigenvalue weighted by Crippen LogP contribution is 2.25. The van der Waals surface area contributed by atoms with Crippen LogP contribution in [0.3, 0.4) is 0 Å². The molecule has 0 saturated heterocycles. The van der Waals surface area contributed by atoms with Gasteiger partial charge in [0.25, 0.3) is 0 Å². The summed E-state index contributed by atoms with van der Waals surface area (Å²) in [5, 5.41) is 11.7. The molecule has 26 heavy (non-hydrogen) atoms. The third-order valence-electron chi connectivity index (χ3n) is 3.91. The SMILES string of the molecule is COc1ccc(-c2ccc(CCC(=O)Nc3cccc(C#N)c3)o2)cc1. The number of hydrogen-bond donors (Lipinski definition) is 1. The van der Waals surface area contributed by atoms with E-state index < -0.39 is 0 Å². The van der Waals surface area contributed by atoms with Gasteiger partial charge in [-0.15, -0.1) is 0 Å². The second-order valence-corrected chi connectivity index (χ2v) is 5.74. The van der Waals surface area contributed by atoms with E-state index in [1.165, 1.54) is 0 Å². The van der Waals surface area contributed by atoms with E-state index in [2.05, 4.69) is 5.32 Å². The highest BCUT2D eigenvalue weighted by molar-refractivity contribution is 5.90. The van der Waals surface area contributed by atoms with E-state index in [0.29, 0.717) is 24.1 Å². The molecule has 0 unspecified atom stereocenters. The van der Waals surface area contributed by atoms with Crippen LogP contribution in [-0.4, -0.2) is 13.0 Å². The Labute approximate surface area is 151 Å². The smallest absolute Gasteiger partial charge is 0.224 e. The fraction of sp³-hybridized carbons (Fsp3) is 0.143. The predicted octanol–water partition coefficient (Wildman–Crippen LogP) is 4.40. The summed E-state index contributed by atoms with van der Waals surface area (Å²) in [6.45, 7) is 0. The summed E-state index contributed by atoms with van der Waals surface area (Å²) in [6, 6.07) is 20.3. The van der Waals surface area contributed by atoms with Crippen molar-refractivity contribution in [3.05, 3.63) is 72.0 Å². The summed E-state index contributed by atoms with van der Waals surface area (Å²) < 4.78 is 11.0. The zero-order valence-electron chi connectivity index (χ0n) is 14.4. The van der Waals surface area contributed by atoms with Gasteiger partial charge in [-0.05, 0) is 54.6 Å². The molecule has 0 bridgehead atoms. The van der Waals surface area contributed by atoms with Gasteiger partial charge in [0.1, 0.15) is 17.3 Å². The molecule has 5 heteroatoms. The Bertz CT molecular complexity index is 936. The number of nitrogens with one attached hydrogen (secondary N) is 1. The van der Waals surface area contributed by atoms with Crippen molar-refractivity contribution >= 4 is 11.6 Å². The van der Waals surface area contributed by atoms with Crippen molar-refractivity contribution in [1.82, 2.24) is 0 Å². The highest BCUT2D eigenvalue weighted by atomic mass is 16.5. The molecule has 0 aliphatic rings. The minimum atomic E-state index is -0.123. The first-order chi connectivity index (χ1) is 12.7. The number of carbonyl (C=O) groups is 1. The summed E-state index contributed by atoms with van der Waals surface area (Å²) in [5.74, 6) is 2.17. The normalized spacial score (nSPS) is 10.2. The highest BCUT2D eigenvalue weighted by Gasteiger charge is 2.08. The lowest BCUT2D eigenvalue weighted by molar-refractivity contribution is -0.116. The number of ether oxygens (including phenoxy) is 1. The molecule has 1 heterocycles. The number of hydrogen-bond acceptors (Lipinski definition) is 4. The molecule has 3 aromatic rings. The van der Waals surface area contributed by atoms with E-state index in [4.69, 9.17) is 14.4 Å². The molecule has 0 aliphatic carbocycles. The first kappa shape index (κ1) is 17.3. The lowest BCUT2D eigenvalue weighted by atomic mass is 10.2. The number of anilines is 1. The van der Waals surface area contributed by atoms with Crippen molar-refractivity contribution in [2.75, 3.05) is 12.4 Å². The van der Waals surface area contributed by atoms with Crippen molar-refractivity contribution in [1.29, 1.82) is 5.26 Å². The molecule has 0 aliphatic heterocycles. The lowest BCUT2D eigenvalue weighted by Crippen LogP contribution is -2.12. The monoisotopic (exact) mass is 346 g/mol. The number of furan rings is 1. The third-order valence-corrected chi connectivity index (χ3v) is 3.91. The topological polar surface area (TPSA) is 75.3 Å². The van der Waals surface area contributed by atoms with Gasteiger partial charge in [-0.1, -0.05) is 6.07 Å². The molecule has 130 valence electrons. The van der Waals surface area contributed by atoms with Crippen molar-refractivity contribution in [3.63, 3.8) is 0 Å². The summed E-state index contributed by atoms with van der Waals surface area (Å²) in [6.07, 6.45) is 0.798. The van der Waals surface area contributed by atoms with Gasteiger partial charge < -0.3 is 14.5 Å².